The molecule has 1 aliphatic rings. The van der Waals surface area contributed by atoms with Crippen LogP contribution in [0.2, 0.25) is 0 Å². The Morgan fingerprint density at radius 2 is 1.74 bits per heavy atom. The molecule has 1 heteroatoms. The van der Waals surface area contributed by atoms with E-state index in [1.807, 2.05) is 13.0 Å². The maximum Gasteiger partial charge on any atom is 0.115 e. The molecule has 1 saturated carbocycles. The molecule has 0 N–H and O–H groups in total. The van der Waals surface area contributed by atoms with E-state index >= 15 is 0 Å². The molecule has 0 amide bonds. The van der Waals surface area contributed by atoms with E-state index in [1.54, 1.807) is 0 Å². The molecule has 2 rings (SSSR count). The van der Waals surface area contributed by atoms with Gasteiger partial charge in [0.2, 0.25) is 0 Å². The molecular weight excluding hydrogens is 235 g/mol. The SMILES string of the molecule is Cc1ccc(C2CCC(C(C)(C)C)CC2)c(CF)c1. The Kier molecular flexibility index (Phi) is 4.32. The van der Waals surface area contributed by atoms with Gasteiger partial charge in [-0.15, -0.1) is 0 Å². The van der Waals surface area contributed by atoms with Gasteiger partial charge in [0.1, 0.15) is 6.67 Å². The minimum atomic E-state index is -0.323. The van der Waals surface area contributed by atoms with Crippen LogP contribution in [0.4, 0.5) is 4.39 Å². The molecule has 0 bridgehead atoms. The maximum absolute atomic E-state index is 13.2. The van der Waals surface area contributed by atoms with Gasteiger partial charge >= 0.3 is 0 Å². The fourth-order valence-electron chi connectivity index (χ4n) is 3.52. The summed E-state index contributed by atoms with van der Waals surface area (Å²) in [5, 5.41) is 0. The highest BCUT2D eigenvalue weighted by atomic mass is 19.1. The third kappa shape index (κ3) is 3.38. The zero-order valence-electron chi connectivity index (χ0n) is 12.8. The number of benzene rings is 1. The predicted octanol–water partition coefficient (Wildman–Crippen LogP) is 5.78. The molecule has 1 aromatic rings. The van der Waals surface area contributed by atoms with E-state index in [9.17, 15) is 4.39 Å². The van der Waals surface area contributed by atoms with E-state index in [4.69, 9.17) is 0 Å². The summed E-state index contributed by atoms with van der Waals surface area (Å²) < 4.78 is 13.2. The van der Waals surface area contributed by atoms with Crippen LogP contribution in [-0.4, -0.2) is 0 Å². The monoisotopic (exact) mass is 262 g/mol. The fraction of sp³-hybridized carbons (Fsp3) is 0.667. The Hall–Kier alpha value is -0.850. The van der Waals surface area contributed by atoms with Crippen LogP contribution in [0.25, 0.3) is 0 Å². The molecule has 0 heterocycles. The van der Waals surface area contributed by atoms with Crippen molar-refractivity contribution in [2.24, 2.45) is 11.3 Å². The van der Waals surface area contributed by atoms with Gasteiger partial charge in [-0.25, -0.2) is 4.39 Å². The number of rotatable bonds is 2. The summed E-state index contributed by atoms with van der Waals surface area (Å²) in [6, 6.07) is 6.31. The topological polar surface area (TPSA) is 0 Å². The van der Waals surface area contributed by atoms with Gasteiger partial charge in [-0.2, -0.15) is 0 Å². The van der Waals surface area contributed by atoms with Crippen LogP contribution in [0, 0.1) is 18.3 Å². The number of aryl methyl sites for hydroxylation is 1. The van der Waals surface area contributed by atoms with Crippen molar-refractivity contribution in [3.63, 3.8) is 0 Å². The van der Waals surface area contributed by atoms with Gasteiger partial charge < -0.3 is 0 Å². The molecule has 1 aromatic carbocycles. The summed E-state index contributed by atoms with van der Waals surface area (Å²) in [7, 11) is 0. The Bertz CT molecular complexity index is 420. The first-order chi connectivity index (χ1) is 8.91. The van der Waals surface area contributed by atoms with E-state index in [-0.39, 0.29) is 6.67 Å². The summed E-state index contributed by atoms with van der Waals surface area (Å²) in [5.41, 5.74) is 3.76. The Morgan fingerprint density at radius 3 is 2.26 bits per heavy atom. The van der Waals surface area contributed by atoms with Gasteiger partial charge in [0.05, 0.1) is 0 Å². The average Bonchev–Trinajstić information content (AvgIpc) is 2.37. The van der Waals surface area contributed by atoms with E-state index in [0.29, 0.717) is 11.3 Å². The zero-order valence-corrected chi connectivity index (χ0v) is 12.8. The summed E-state index contributed by atoms with van der Waals surface area (Å²) in [5.74, 6) is 1.40. The summed E-state index contributed by atoms with van der Waals surface area (Å²) in [6.07, 6.45) is 5.01. The molecule has 0 aromatic heterocycles. The van der Waals surface area contributed by atoms with Crippen molar-refractivity contribution in [2.75, 3.05) is 0 Å². The molecular formula is C18H27F. The summed E-state index contributed by atoms with van der Waals surface area (Å²) >= 11 is 0. The largest absolute Gasteiger partial charge is 0.246 e. The van der Waals surface area contributed by atoms with Crippen LogP contribution >= 0.6 is 0 Å². The van der Waals surface area contributed by atoms with Gasteiger partial charge in [-0.1, -0.05) is 44.5 Å². The van der Waals surface area contributed by atoms with E-state index in [2.05, 4.69) is 32.9 Å². The highest BCUT2D eigenvalue weighted by molar-refractivity contribution is 5.34. The lowest BCUT2D eigenvalue weighted by atomic mass is 9.68. The minimum Gasteiger partial charge on any atom is -0.246 e. The van der Waals surface area contributed by atoms with Crippen molar-refractivity contribution >= 4 is 0 Å². The molecule has 0 saturated heterocycles. The first-order valence-corrected chi connectivity index (χ1v) is 7.57. The molecule has 0 nitrogen and oxygen atoms in total. The highest BCUT2D eigenvalue weighted by Gasteiger charge is 2.30. The maximum atomic E-state index is 13.2. The molecule has 0 spiro atoms. The van der Waals surface area contributed by atoms with Crippen molar-refractivity contribution in [1.29, 1.82) is 0 Å². The predicted molar refractivity (Wildman–Crippen MR) is 80.1 cm³/mol. The third-order valence-corrected chi connectivity index (χ3v) is 4.83. The lowest BCUT2D eigenvalue weighted by molar-refractivity contribution is 0.168. The second-order valence-electron chi connectivity index (χ2n) is 7.25. The van der Waals surface area contributed by atoms with Gasteiger partial charge in [0.25, 0.3) is 0 Å². The minimum absolute atomic E-state index is 0.323. The zero-order chi connectivity index (χ0) is 14.0. The third-order valence-electron chi connectivity index (χ3n) is 4.83. The molecule has 1 aliphatic carbocycles. The van der Waals surface area contributed by atoms with Crippen molar-refractivity contribution in [3.8, 4) is 0 Å². The van der Waals surface area contributed by atoms with E-state index in [1.165, 1.54) is 36.8 Å². The molecule has 0 aliphatic heterocycles. The van der Waals surface area contributed by atoms with Crippen molar-refractivity contribution < 1.29 is 4.39 Å². The highest BCUT2D eigenvalue weighted by Crippen LogP contribution is 2.43. The lowest BCUT2D eigenvalue weighted by Gasteiger charge is -2.37. The number of hydrogen-bond acceptors (Lipinski definition) is 0. The number of alkyl halides is 1. The Balaban J connectivity index is 2.10. The van der Waals surface area contributed by atoms with Crippen LogP contribution in [0.5, 0.6) is 0 Å². The van der Waals surface area contributed by atoms with Crippen molar-refractivity contribution in [3.05, 3.63) is 34.9 Å². The number of hydrogen-bond donors (Lipinski definition) is 0. The van der Waals surface area contributed by atoms with Gasteiger partial charge in [-0.3, -0.25) is 0 Å². The van der Waals surface area contributed by atoms with Crippen LogP contribution in [-0.2, 0) is 6.67 Å². The second kappa shape index (κ2) is 5.64. The molecule has 1 fully saturated rings. The van der Waals surface area contributed by atoms with E-state index < -0.39 is 0 Å². The van der Waals surface area contributed by atoms with Crippen LogP contribution in [0.1, 0.15) is 69.1 Å². The lowest BCUT2D eigenvalue weighted by Crippen LogP contribution is -2.25. The molecule has 0 unspecified atom stereocenters. The average molecular weight is 262 g/mol. The number of halogens is 1. The van der Waals surface area contributed by atoms with E-state index in [0.717, 1.165) is 11.5 Å². The quantitative estimate of drug-likeness (QED) is 0.633. The standard InChI is InChI=1S/C18H27F/c1-13-5-10-17(15(11-13)12-19)14-6-8-16(9-7-14)18(2,3)4/h5,10-11,14,16H,6-9,12H2,1-4H3. The first kappa shape index (κ1) is 14.6. The van der Waals surface area contributed by atoms with Gasteiger partial charge in [0.15, 0.2) is 0 Å². The second-order valence-corrected chi connectivity index (χ2v) is 7.25. The van der Waals surface area contributed by atoms with Crippen molar-refractivity contribution in [1.82, 2.24) is 0 Å². The fourth-order valence-corrected chi connectivity index (χ4v) is 3.52. The van der Waals surface area contributed by atoms with Gasteiger partial charge in [-0.05, 0) is 61.0 Å². The molecule has 19 heavy (non-hydrogen) atoms. The summed E-state index contributed by atoms with van der Waals surface area (Å²) in [4.78, 5) is 0. The van der Waals surface area contributed by atoms with Crippen LogP contribution in [0.15, 0.2) is 18.2 Å². The summed E-state index contributed by atoms with van der Waals surface area (Å²) in [6.45, 7) is 8.75. The van der Waals surface area contributed by atoms with Crippen molar-refractivity contribution in [2.45, 2.75) is 66.0 Å². The van der Waals surface area contributed by atoms with Crippen LogP contribution < -0.4 is 0 Å². The molecule has 106 valence electrons. The molecule has 0 radical (unpaired) electrons. The van der Waals surface area contributed by atoms with Crippen LogP contribution in [0.3, 0.4) is 0 Å². The first-order valence-electron chi connectivity index (χ1n) is 7.57. The molecule has 0 atom stereocenters. The van der Waals surface area contributed by atoms with Gasteiger partial charge in [0, 0.05) is 0 Å². The Labute approximate surface area is 117 Å². The smallest absolute Gasteiger partial charge is 0.115 e. The normalized spacial score (nSPS) is 24.5. The Morgan fingerprint density at radius 1 is 1.11 bits per heavy atom.